The number of rotatable bonds is 9. The lowest BCUT2D eigenvalue weighted by molar-refractivity contribution is 0.0448. The van der Waals surface area contributed by atoms with Gasteiger partial charge in [0.15, 0.2) is 0 Å². The van der Waals surface area contributed by atoms with E-state index in [-0.39, 0.29) is 12.1 Å². The third-order valence-corrected chi connectivity index (χ3v) is 3.06. The zero-order valence-corrected chi connectivity index (χ0v) is 16.2. The summed E-state index contributed by atoms with van der Waals surface area (Å²) in [5.74, 6) is 0. The van der Waals surface area contributed by atoms with E-state index in [1.54, 1.807) is 12.2 Å². The van der Waals surface area contributed by atoms with Crippen molar-refractivity contribution >= 4 is 11.8 Å². The van der Waals surface area contributed by atoms with Gasteiger partial charge in [-0.15, -0.1) is 0 Å². The number of hydrogen-bond acceptors (Lipinski definition) is 5. The van der Waals surface area contributed by atoms with Gasteiger partial charge in [0.25, 0.3) is 0 Å². The first-order valence-corrected chi connectivity index (χ1v) is 8.55. The van der Waals surface area contributed by atoms with E-state index < -0.39 is 11.7 Å². The molecule has 1 N–H and O–H groups in total. The van der Waals surface area contributed by atoms with Crippen LogP contribution in [0.15, 0.2) is 29.3 Å². The molecule has 0 aliphatic carbocycles. The van der Waals surface area contributed by atoms with E-state index in [9.17, 15) is 4.79 Å². The number of amides is 1. The van der Waals surface area contributed by atoms with Crippen molar-refractivity contribution in [2.75, 3.05) is 13.2 Å². The fourth-order valence-electron chi connectivity index (χ4n) is 1.68. The molecule has 0 fully saturated rings. The minimum absolute atomic E-state index is 0.125. The summed E-state index contributed by atoms with van der Waals surface area (Å²) in [7, 11) is 0. The Hall–Kier alpha value is -2.13. The smallest absolute Gasteiger partial charge is 0.407 e. The predicted molar refractivity (Wildman–Crippen MR) is 101 cm³/mol. The highest BCUT2D eigenvalue weighted by molar-refractivity contribution is 6.07. The lowest BCUT2D eigenvalue weighted by Crippen LogP contribution is -2.33. The number of hydrogen-bond donors (Lipinski definition) is 1. The minimum Gasteiger partial charge on any atom is -0.444 e. The second-order valence-electron chi connectivity index (χ2n) is 6.61. The quantitative estimate of drug-likeness (QED) is 0.390. The molecule has 140 valence electrons. The van der Waals surface area contributed by atoms with Gasteiger partial charge in [0, 0.05) is 13.2 Å². The average Bonchev–Trinajstić information content (AvgIpc) is 2.51. The van der Waals surface area contributed by atoms with E-state index in [0.29, 0.717) is 25.3 Å². The largest absolute Gasteiger partial charge is 0.444 e. The summed E-state index contributed by atoms with van der Waals surface area (Å²) in [5.41, 5.74) is -0.129. The van der Waals surface area contributed by atoms with E-state index >= 15 is 0 Å². The first-order chi connectivity index (χ1) is 11.7. The van der Waals surface area contributed by atoms with E-state index in [2.05, 4.69) is 16.4 Å². The lowest BCUT2D eigenvalue weighted by atomic mass is 10.2. The molecule has 0 bridgehead atoms. The number of carbonyl (C=O) groups is 1. The molecule has 6 nitrogen and oxygen atoms in total. The molecule has 0 aliphatic rings. The summed E-state index contributed by atoms with van der Waals surface area (Å²) in [6.45, 7) is 12.2. The first kappa shape index (κ1) is 22.9. The topological polar surface area (TPSA) is 83.7 Å². The van der Waals surface area contributed by atoms with Crippen molar-refractivity contribution in [3.8, 4) is 6.07 Å². The van der Waals surface area contributed by atoms with E-state index in [0.717, 1.165) is 0 Å². The molecule has 0 saturated heterocycles. The Labute approximate surface area is 151 Å². The van der Waals surface area contributed by atoms with Gasteiger partial charge in [-0.25, -0.2) is 4.79 Å². The zero-order chi connectivity index (χ0) is 19.3. The highest BCUT2D eigenvalue weighted by atomic mass is 16.6. The van der Waals surface area contributed by atoms with Crippen LogP contribution in [-0.4, -0.2) is 42.7 Å². The van der Waals surface area contributed by atoms with Gasteiger partial charge >= 0.3 is 6.09 Å². The van der Waals surface area contributed by atoms with Crippen LogP contribution in [0.3, 0.4) is 0 Å². The maximum absolute atomic E-state index is 11.5. The van der Waals surface area contributed by atoms with Gasteiger partial charge in [0.2, 0.25) is 0 Å². The molecular formula is C19H31N3O3. The fourth-order valence-corrected chi connectivity index (χ4v) is 1.68. The van der Waals surface area contributed by atoms with Crippen molar-refractivity contribution in [2.24, 2.45) is 4.99 Å². The molecule has 0 aromatic carbocycles. The maximum Gasteiger partial charge on any atom is 0.407 e. The Bertz CT molecular complexity index is 525. The number of allylic oxidation sites excluding steroid dienone is 4. The lowest BCUT2D eigenvalue weighted by Gasteiger charge is -2.20. The molecule has 0 spiro atoms. The third-order valence-electron chi connectivity index (χ3n) is 3.06. The number of ether oxygens (including phenoxy) is 2. The zero-order valence-electron chi connectivity index (χ0n) is 16.2. The number of aliphatic imine (C=N–C) groups is 1. The maximum atomic E-state index is 11.5. The summed E-state index contributed by atoms with van der Waals surface area (Å²) in [6.07, 6.45) is 7.30. The van der Waals surface area contributed by atoms with Crippen LogP contribution in [0, 0.1) is 11.3 Å². The molecule has 6 heteroatoms. The number of nitrogens with zero attached hydrogens (tertiary/aromatic N) is 2. The van der Waals surface area contributed by atoms with Crippen LogP contribution >= 0.6 is 0 Å². The van der Waals surface area contributed by atoms with Gasteiger partial charge in [-0.3, -0.25) is 4.99 Å². The third kappa shape index (κ3) is 12.9. The van der Waals surface area contributed by atoms with Gasteiger partial charge in [0.05, 0.1) is 12.1 Å². The Morgan fingerprint density at radius 2 is 2.00 bits per heavy atom. The molecular weight excluding hydrogens is 318 g/mol. The van der Waals surface area contributed by atoms with Crippen molar-refractivity contribution in [3.63, 3.8) is 0 Å². The highest BCUT2D eigenvalue weighted by Crippen LogP contribution is 2.07. The Kier molecular flexibility index (Phi) is 11.2. The van der Waals surface area contributed by atoms with E-state index in [4.69, 9.17) is 14.7 Å². The molecule has 0 saturated carbocycles. The van der Waals surface area contributed by atoms with Gasteiger partial charge in [-0.1, -0.05) is 18.2 Å². The molecule has 1 unspecified atom stereocenters. The second-order valence-corrected chi connectivity index (χ2v) is 6.61. The molecule has 0 heterocycles. The van der Waals surface area contributed by atoms with Crippen molar-refractivity contribution in [3.05, 3.63) is 24.3 Å². The molecule has 1 amide bonds. The van der Waals surface area contributed by atoms with Gasteiger partial charge in [0.1, 0.15) is 17.4 Å². The SMILES string of the molecule is C/C=C/C=C\C(C#N)=N[C@H](C)C(C)OCCCNC(=O)OC(C)(C)C. The van der Waals surface area contributed by atoms with Crippen LogP contribution in [-0.2, 0) is 9.47 Å². The summed E-state index contributed by atoms with van der Waals surface area (Å²) >= 11 is 0. The summed E-state index contributed by atoms with van der Waals surface area (Å²) in [6, 6.07) is 1.93. The summed E-state index contributed by atoms with van der Waals surface area (Å²) in [5, 5.41) is 11.8. The van der Waals surface area contributed by atoms with Crippen molar-refractivity contribution in [2.45, 2.75) is 65.7 Å². The minimum atomic E-state index is -0.498. The van der Waals surface area contributed by atoms with Crippen molar-refractivity contribution in [1.29, 1.82) is 5.26 Å². The number of nitrogens with one attached hydrogen (secondary N) is 1. The van der Waals surface area contributed by atoms with Crippen LogP contribution < -0.4 is 5.32 Å². The van der Waals surface area contributed by atoms with Crippen LogP contribution in [0.4, 0.5) is 4.79 Å². The molecule has 25 heavy (non-hydrogen) atoms. The standard InChI is InChI=1S/C19H31N3O3/c1-7-8-9-11-17(14-20)22-15(2)16(3)24-13-10-12-21-18(23)25-19(4,5)6/h7-9,11,15-16H,10,12-13H2,1-6H3,(H,21,23)/b8-7+,11-9-,22-17?/t15-,16?/m1/s1. The molecule has 0 radical (unpaired) electrons. The van der Waals surface area contributed by atoms with Crippen LogP contribution in [0.5, 0.6) is 0 Å². The summed E-state index contributed by atoms with van der Waals surface area (Å²) in [4.78, 5) is 15.8. The Morgan fingerprint density at radius 3 is 2.56 bits per heavy atom. The van der Waals surface area contributed by atoms with Crippen LogP contribution in [0.25, 0.3) is 0 Å². The monoisotopic (exact) mass is 349 g/mol. The number of alkyl carbamates (subject to hydrolysis) is 1. The van der Waals surface area contributed by atoms with Crippen LogP contribution in [0.1, 0.15) is 48.0 Å². The number of nitriles is 1. The van der Waals surface area contributed by atoms with Gasteiger partial charge < -0.3 is 14.8 Å². The highest BCUT2D eigenvalue weighted by Gasteiger charge is 2.15. The number of carbonyl (C=O) groups excluding carboxylic acids is 1. The molecule has 2 atom stereocenters. The molecule has 0 aromatic heterocycles. The van der Waals surface area contributed by atoms with E-state index in [1.807, 2.05) is 53.7 Å². The molecule has 0 rings (SSSR count). The normalized spacial score (nSPS) is 15.2. The van der Waals surface area contributed by atoms with E-state index in [1.165, 1.54) is 0 Å². The molecule has 0 aliphatic heterocycles. The predicted octanol–water partition coefficient (Wildman–Crippen LogP) is 3.79. The Balaban J connectivity index is 4.15. The summed E-state index contributed by atoms with van der Waals surface area (Å²) < 4.78 is 10.9. The van der Waals surface area contributed by atoms with Gasteiger partial charge in [-0.2, -0.15) is 5.26 Å². The fraction of sp³-hybridized carbons (Fsp3) is 0.632. The van der Waals surface area contributed by atoms with Crippen LogP contribution in [0.2, 0.25) is 0 Å². The molecule has 0 aromatic rings. The van der Waals surface area contributed by atoms with Crippen molar-refractivity contribution in [1.82, 2.24) is 5.32 Å². The van der Waals surface area contributed by atoms with Gasteiger partial charge in [-0.05, 0) is 54.0 Å². The first-order valence-electron chi connectivity index (χ1n) is 8.55. The second kappa shape index (κ2) is 12.3. The van der Waals surface area contributed by atoms with Crippen molar-refractivity contribution < 1.29 is 14.3 Å². The Morgan fingerprint density at radius 1 is 1.32 bits per heavy atom. The average molecular weight is 349 g/mol.